The van der Waals surface area contributed by atoms with E-state index >= 15 is 0 Å². The molecule has 0 aliphatic heterocycles. The van der Waals surface area contributed by atoms with E-state index in [4.69, 9.17) is 0 Å². The van der Waals surface area contributed by atoms with Crippen LogP contribution < -0.4 is 10.0 Å². The van der Waals surface area contributed by atoms with E-state index in [0.717, 1.165) is 0 Å². The second-order valence-electron chi connectivity index (χ2n) is 4.14. The van der Waals surface area contributed by atoms with Gasteiger partial charge >= 0.3 is 5.51 Å². The van der Waals surface area contributed by atoms with Crippen LogP contribution in [0.15, 0.2) is 10.3 Å². The molecule has 10 heteroatoms. The Morgan fingerprint density at radius 2 is 2.05 bits per heavy atom. The zero-order valence-electron chi connectivity index (χ0n) is 11.6. The van der Waals surface area contributed by atoms with Gasteiger partial charge in [-0.05, 0) is 36.2 Å². The summed E-state index contributed by atoms with van der Waals surface area (Å²) in [7, 11) is -3.79. The Balaban J connectivity index is 2.72. The molecule has 0 saturated carbocycles. The first-order valence-electron chi connectivity index (χ1n) is 6.15. The summed E-state index contributed by atoms with van der Waals surface area (Å²) in [6.45, 7) is 4.43. The number of sulfonamides is 1. The lowest BCUT2D eigenvalue weighted by Crippen LogP contribution is -2.28. The smallest absolute Gasteiger partial charge is 0.312 e. The molecule has 122 valence electrons. The summed E-state index contributed by atoms with van der Waals surface area (Å²) in [6, 6.07) is 0. The molecule has 2 N–H and O–H groups in total. The predicted octanol–water partition coefficient (Wildman–Crippen LogP) is 2.70. The molecule has 0 atom stereocenters. The first-order valence-corrected chi connectivity index (χ1v) is 9.50. The van der Waals surface area contributed by atoms with Crippen molar-refractivity contribution in [1.82, 2.24) is 10.0 Å². The summed E-state index contributed by atoms with van der Waals surface area (Å²) in [5.74, 6) is -0.353. The molecule has 0 unspecified atom stereocenters. The fourth-order valence-corrected chi connectivity index (χ4v) is 5.00. The maximum atomic E-state index is 12.2. The Kier molecular flexibility index (Phi) is 6.98. The number of thiophene rings is 1. The molecule has 1 aromatic heterocycles. The second kappa shape index (κ2) is 7.82. The summed E-state index contributed by atoms with van der Waals surface area (Å²) >= 11 is 1.08. The van der Waals surface area contributed by atoms with Crippen LogP contribution in [0.25, 0.3) is 0 Å². The fraction of sp³-hybridized carbons (Fsp3) is 0.636. The predicted molar refractivity (Wildman–Crippen MR) is 80.1 cm³/mol. The normalized spacial score (nSPS) is 12.8. The SMILES string of the molecule is CCNCc1scc(C)c1S(=O)(=O)NCCSC(F)(F)F. The van der Waals surface area contributed by atoms with E-state index in [1.165, 1.54) is 11.3 Å². The van der Waals surface area contributed by atoms with Crippen LogP contribution in [0.3, 0.4) is 0 Å². The summed E-state index contributed by atoms with van der Waals surface area (Å²) in [5, 5.41) is 4.77. The van der Waals surface area contributed by atoms with Crippen LogP contribution >= 0.6 is 23.1 Å². The van der Waals surface area contributed by atoms with Gasteiger partial charge in [-0.25, -0.2) is 13.1 Å². The molecule has 0 amide bonds. The van der Waals surface area contributed by atoms with Crippen molar-refractivity contribution in [3.63, 3.8) is 0 Å². The largest absolute Gasteiger partial charge is 0.441 e. The van der Waals surface area contributed by atoms with Crippen molar-refractivity contribution in [3.05, 3.63) is 15.8 Å². The molecule has 0 spiro atoms. The summed E-state index contributed by atoms with van der Waals surface area (Å²) in [5.41, 5.74) is -3.75. The average Bonchev–Trinajstić information content (AvgIpc) is 2.73. The number of thioether (sulfide) groups is 1. The second-order valence-corrected chi connectivity index (χ2v) is 7.97. The zero-order chi connectivity index (χ0) is 16.1. The lowest BCUT2D eigenvalue weighted by Gasteiger charge is -2.10. The van der Waals surface area contributed by atoms with Gasteiger partial charge < -0.3 is 5.32 Å². The van der Waals surface area contributed by atoms with Crippen LogP contribution in [0, 0.1) is 6.92 Å². The van der Waals surface area contributed by atoms with Crippen LogP contribution in [-0.2, 0) is 16.6 Å². The Hall–Kier alpha value is -0.290. The molecule has 1 heterocycles. The molecule has 0 aliphatic rings. The van der Waals surface area contributed by atoms with E-state index in [1.54, 1.807) is 12.3 Å². The molecule has 1 rings (SSSR count). The van der Waals surface area contributed by atoms with Crippen molar-refractivity contribution >= 4 is 33.1 Å². The number of hydrogen-bond donors (Lipinski definition) is 2. The van der Waals surface area contributed by atoms with Gasteiger partial charge in [-0.3, -0.25) is 0 Å². The highest BCUT2D eigenvalue weighted by Gasteiger charge is 2.28. The van der Waals surface area contributed by atoms with E-state index in [-0.39, 0.29) is 29.0 Å². The maximum absolute atomic E-state index is 12.2. The number of aryl methyl sites for hydroxylation is 1. The van der Waals surface area contributed by atoms with Gasteiger partial charge in [-0.2, -0.15) is 13.2 Å². The molecule has 0 aliphatic carbocycles. The topological polar surface area (TPSA) is 58.2 Å². The molecule has 0 bridgehead atoms. The summed E-state index contributed by atoms with van der Waals surface area (Å²) < 4.78 is 62.6. The monoisotopic (exact) mass is 362 g/mol. The van der Waals surface area contributed by atoms with Gasteiger partial charge in [0.2, 0.25) is 10.0 Å². The van der Waals surface area contributed by atoms with Gasteiger partial charge in [0, 0.05) is 23.7 Å². The Morgan fingerprint density at radius 3 is 2.62 bits per heavy atom. The highest BCUT2D eigenvalue weighted by atomic mass is 32.2. The van der Waals surface area contributed by atoms with Crippen molar-refractivity contribution < 1.29 is 21.6 Å². The maximum Gasteiger partial charge on any atom is 0.441 e. The molecule has 1 aromatic rings. The molecule has 0 fully saturated rings. The Morgan fingerprint density at radius 1 is 1.38 bits per heavy atom. The van der Waals surface area contributed by atoms with Crippen LogP contribution in [-0.4, -0.2) is 32.8 Å². The minimum atomic E-state index is -4.35. The highest BCUT2D eigenvalue weighted by Crippen LogP contribution is 2.30. The molecular weight excluding hydrogens is 345 g/mol. The van der Waals surface area contributed by atoms with Crippen molar-refractivity contribution in [3.8, 4) is 0 Å². The molecule has 0 saturated heterocycles. The third-order valence-corrected chi connectivity index (χ3v) is 6.11. The number of hydrogen-bond acceptors (Lipinski definition) is 5. The number of halogens is 3. The van der Waals surface area contributed by atoms with Crippen LogP contribution in [0.1, 0.15) is 17.4 Å². The van der Waals surface area contributed by atoms with E-state index in [1.807, 2.05) is 6.92 Å². The van der Waals surface area contributed by atoms with Gasteiger partial charge in [-0.15, -0.1) is 11.3 Å². The van der Waals surface area contributed by atoms with Gasteiger partial charge in [0.05, 0.1) is 0 Å². The minimum Gasteiger partial charge on any atom is -0.312 e. The average molecular weight is 362 g/mol. The lowest BCUT2D eigenvalue weighted by atomic mass is 10.3. The highest BCUT2D eigenvalue weighted by molar-refractivity contribution is 8.00. The van der Waals surface area contributed by atoms with Crippen molar-refractivity contribution in [1.29, 1.82) is 0 Å². The number of alkyl halides is 3. The van der Waals surface area contributed by atoms with Crippen molar-refractivity contribution in [2.24, 2.45) is 0 Å². The third kappa shape index (κ3) is 6.15. The van der Waals surface area contributed by atoms with Crippen LogP contribution in [0.2, 0.25) is 0 Å². The van der Waals surface area contributed by atoms with Crippen molar-refractivity contribution in [2.75, 3.05) is 18.8 Å². The number of rotatable bonds is 8. The van der Waals surface area contributed by atoms with E-state index in [0.29, 0.717) is 23.5 Å². The number of nitrogens with one attached hydrogen (secondary N) is 2. The fourth-order valence-electron chi connectivity index (χ4n) is 1.62. The molecular formula is C11H17F3N2O2S3. The van der Waals surface area contributed by atoms with Gasteiger partial charge in [0.15, 0.2) is 0 Å². The van der Waals surface area contributed by atoms with E-state index in [9.17, 15) is 21.6 Å². The van der Waals surface area contributed by atoms with Crippen LogP contribution in [0.5, 0.6) is 0 Å². The minimum absolute atomic E-state index is 0.172. The molecule has 0 aromatic carbocycles. The van der Waals surface area contributed by atoms with Crippen LogP contribution in [0.4, 0.5) is 13.2 Å². The Labute approximate surface area is 130 Å². The summed E-state index contributed by atoms with van der Waals surface area (Å²) in [4.78, 5) is 0.829. The molecule has 21 heavy (non-hydrogen) atoms. The first kappa shape index (κ1) is 18.8. The summed E-state index contributed by atoms with van der Waals surface area (Å²) in [6.07, 6.45) is 0. The third-order valence-electron chi connectivity index (χ3n) is 2.45. The van der Waals surface area contributed by atoms with Gasteiger partial charge in [0.1, 0.15) is 4.90 Å². The molecule has 0 radical (unpaired) electrons. The van der Waals surface area contributed by atoms with E-state index < -0.39 is 15.5 Å². The van der Waals surface area contributed by atoms with E-state index in [2.05, 4.69) is 10.0 Å². The molecule has 4 nitrogen and oxygen atoms in total. The Bertz CT molecular complexity index is 556. The van der Waals surface area contributed by atoms with Gasteiger partial charge in [0.25, 0.3) is 0 Å². The van der Waals surface area contributed by atoms with Gasteiger partial charge in [-0.1, -0.05) is 6.92 Å². The van der Waals surface area contributed by atoms with Crippen molar-refractivity contribution in [2.45, 2.75) is 30.8 Å². The first-order chi connectivity index (χ1) is 9.67. The zero-order valence-corrected chi connectivity index (χ0v) is 14.0. The quantitative estimate of drug-likeness (QED) is 0.698. The standard InChI is InChI=1S/C11H17F3N2O2S3/c1-3-15-6-9-10(8(2)7-19-9)21(17,18)16-4-5-20-11(12,13)14/h7,15-16H,3-6H2,1-2H3. The lowest BCUT2D eigenvalue weighted by molar-refractivity contribution is -0.0327.